The van der Waals surface area contributed by atoms with Gasteiger partial charge < -0.3 is 11.1 Å². The Bertz CT molecular complexity index is 466. The molecule has 8 nitrogen and oxygen atoms in total. The van der Waals surface area contributed by atoms with Gasteiger partial charge in [0.2, 0.25) is 11.6 Å². The van der Waals surface area contributed by atoms with Gasteiger partial charge in [-0.05, 0) is 25.9 Å². The minimum Gasteiger partial charge on any atom is -0.378 e. The molecule has 0 aromatic carbocycles. The molecule has 1 aromatic rings. The number of nitrogens with one attached hydrogen (secondary N) is 1. The maximum atomic E-state index is 11.0. The Hall–Kier alpha value is -1.96. The van der Waals surface area contributed by atoms with Gasteiger partial charge in [-0.15, -0.1) is 0 Å². The highest BCUT2D eigenvalue weighted by Crippen LogP contribution is 2.27. The minimum absolute atomic E-state index is 0.110. The SMILES string of the molecule is CCN1CCCC1CNc1ncnc(N)c1[N+](=O)[O-]. The monoisotopic (exact) mass is 266 g/mol. The number of likely N-dealkylation sites (tertiary alicyclic amines) is 1. The summed E-state index contributed by atoms with van der Waals surface area (Å²) < 4.78 is 0. The van der Waals surface area contributed by atoms with Crippen LogP contribution in [0.25, 0.3) is 0 Å². The molecule has 0 spiro atoms. The second-order valence-electron chi connectivity index (χ2n) is 4.52. The number of likely N-dealkylation sites (N-methyl/N-ethyl adjacent to an activating group) is 1. The van der Waals surface area contributed by atoms with Crippen molar-refractivity contribution in [3.63, 3.8) is 0 Å². The first-order valence-electron chi connectivity index (χ1n) is 6.36. The summed E-state index contributed by atoms with van der Waals surface area (Å²) in [6.07, 6.45) is 3.49. The van der Waals surface area contributed by atoms with E-state index in [-0.39, 0.29) is 17.3 Å². The Labute approximate surface area is 111 Å². The number of nitro groups is 1. The second kappa shape index (κ2) is 5.79. The van der Waals surface area contributed by atoms with E-state index in [0.29, 0.717) is 12.6 Å². The van der Waals surface area contributed by atoms with Crippen LogP contribution in [0.15, 0.2) is 6.33 Å². The van der Waals surface area contributed by atoms with Crippen molar-refractivity contribution in [1.82, 2.24) is 14.9 Å². The molecule has 104 valence electrons. The van der Waals surface area contributed by atoms with Crippen LogP contribution in [0, 0.1) is 10.1 Å². The average Bonchev–Trinajstić information content (AvgIpc) is 2.83. The van der Waals surface area contributed by atoms with Crippen molar-refractivity contribution < 1.29 is 4.92 Å². The van der Waals surface area contributed by atoms with Crippen molar-refractivity contribution in [2.75, 3.05) is 30.7 Å². The molecule has 2 heterocycles. The summed E-state index contributed by atoms with van der Waals surface area (Å²) in [6, 6.07) is 0.390. The molecule has 3 N–H and O–H groups in total. The molecule has 0 amide bonds. The van der Waals surface area contributed by atoms with Crippen LogP contribution < -0.4 is 11.1 Å². The van der Waals surface area contributed by atoms with Crippen LogP contribution in [-0.2, 0) is 0 Å². The molecule has 1 unspecified atom stereocenters. The molecule has 19 heavy (non-hydrogen) atoms. The molecule has 8 heteroatoms. The van der Waals surface area contributed by atoms with Crippen molar-refractivity contribution in [3.8, 4) is 0 Å². The van der Waals surface area contributed by atoms with E-state index in [1.165, 1.54) is 6.33 Å². The van der Waals surface area contributed by atoms with Crippen molar-refractivity contribution >= 4 is 17.3 Å². The van der Waals surface area contributed by atoms with Gasteiger partial charge in [0, 0.05) is 12.6 Å². The lowest BCUT2D eigenvalue weighted by Gasteiger charge is -2.22. The first kappa shape index (κ1) is 13.5. The fourth-order valence-electron chi connectivity index (χ4n) is 2.46. The summed E-state index contributed by atoms with van der Waals surface area (Å²) in [4.78, 5) is 20.3. The van der Waals surface area contributed by atoms with Gasteiger partial charge in [-0.3, -0.25) is 15.0 Å². The lowest BCUT2D eigenvalue weighted by atomic mass is 10.2. The van der Waals surface area contributed by atoms with Crippen LogP contribution in [0.3, 0.4) is 0 Å². The van der Waals surface area contributed by atoms with E-state index >= 15 is 0 Å². The molecule has 0 radical (unpaired) electrons. The van der Waals surface area contributed by atoms with Crippen LogP contribution in [0.2, 0.25) is 0 Å². The predicted molar refractivity (Wildman–Crippen MR) is 71.9 cm³/mol. The molecule has 0 bridgehead atoms. The molecule has 0 aliphatic carbocycles. The molecule has 1 aliphatic heterocycles. The van der Waals surface area contributed by atoms with Gasteiger partial charge in [-0.25, -0.2) is 9.97 Å². The number of nitrogen functional groups attached to an aromatic ring is 1. The smallest absolute Gasteiger partial charge is 0.352 e. The van der Waals surface area contributed by atoms with Gasteiger partial charge in [-0.2, -0.15) is 0 Å². The van der Waals surface area contributed by atoms with Crippen LogP contribution in [0.1, 0.15) is 19.8 Å². The van der Waals surface area contributed by atoms with Crippen LogP contribution in [0.5, 0.6) is 0 Å². The number of rotatable bonds is 5. The first-order chi connectivity index (χ1) is 9.13. The van der Waals surface area contributed by atoms with E-state index < -0.39 is 4.92 Å². The van der Waals surface area contributed by atoms with Crippen LogP contribution in [0.4, 0.5) is 17.3 Å². The maximum Gasteiger partial charge on any atom is 0.352 e. The first-order valence-corrected chi connectivity index (χ1v) is 6.36. The Morgan fingerprint density at radius 3 is 3.11 bits per heavy atom. The maximum absolute atomic E-state index is 11.0. The highest BCUT2D eigenvalue weighted by atomic mass is 16.6. The summed E-state index contributed by atoms with van der Waals surface area (Å²) in [5, 5.41) is 14.0. The Morgan fingerprint density at radius 2 is 2.42 bits per heavy atom. The topological polar surface area (TPSA) is 110 Å². The van der Waals surface area contributed by atoms with E-state index in [4.69, 9.17) is 5.73 Å². The third-order valence-corrected chi connectivity index (χ3v) is 3.44. The van der Waals surface area contributed by atoms with Gasteiger partial charge in [0.15, 0.2) is 0 Å². The number of nitrogens with two attached hydrogens (primary N) is 1. The number of nitrogens with zero attached hydrogens (tertiary/aromatic N) is 4. The zero-order valence-electron chi connectivity index (χ0n) is 10.9. The van der Waals surface area contributed by atoms with E-state index in [9.17, 15) is 10.1 Å². The standard InChI is InChI=1S/C11H18N6O2/c1-2-16-5-3-4-8(16)6-13-11-9(17(18)19)10(12)14-7-15-11/h7-8H,2-6H2,1H3,(H3,12,13,14,15). The number of hydrogen-bond acceptors (Lipinski definition) is 7. The van der Waals surface area contributed by atoms with Gasteiger partial charge in [0.25, 0.3) is 0 Å². The molecule has 1 aliphatic rings. The predicted octanol–water partition coefficient (Wildman–Crippen LogP) is 0.863. The minimum atomic E-state index is -0.552. The van der Waals surface area contributed by atoms with E-state index in [0.717, 1.165) is 25.9 Å². The van der Waals surface area contributed by atoms with Gasteiger partial charge in [0.1, 0.15) is 6.33 Å². The van der Waals surface area contributed by atoms with E-state index in [1.807, 2.05) is 0 Å². The average molecular weight is 266 g/mol. The highest BCUT2D eigenvalue weighted by molar-refractivity contribution is 5.67. The molecule has 1 saturated heterocycles. The Kier molecular flexibility index (Phi) is 4.10. The normalized spacial score (nSPS) is 19.5. The van der Waals surface area contributed by atoms with Crippen molar-refractivity contribution in [3.05, 3.63) is 16.4 Å². The number of aromatic nitrogens is 2. The quantitative estimate of drug-likeness (QED) is 0.600. The fraction of sp³-hybridized carbons (Fsp3) is 0.636. The fourth-order valence-corrected chi connectivity index (χ4v) is 2.46. The lowest BCUT2D eigenvalue weighted by Crippen LogP contribution is -2.34. The Balaban J connectivity index is 2.07. The largest absolute Gasteiger partial charge is 0.378 e. The summed E-state index contributed by atoms with van der Waals surface area (Å²) in [5.41, 5.74) is 5.27. The second-order valence-corrected chi connectivity index (χ2v) is 4.52. The van der Waals surface area contributed by atoms with Crippen LogP contribution >= 0.6 is 0 Å². The lowest BCUT2D eigenvalue weighted by molar-refractivity contribution is -0.383. The Morgan fingerprint density at radius 1 is 1.63 bits per heavy atom. The van der Waals surface area contributed by atoms with Crippen LogP contribution in [-0.4, -0.2) is 45.5 Å². The molecule has 2 rings (SSSR count). The number of anilines is 2. The van der Waals surface area contributed by atoms with Crippen molar-refractivity contribution in [2.24, 2.45) is 0 Å². The zero-order valence-corrected chi connectivity index (χ0v) is 10.9. The van der Waals surface area contributed by atoms with E-state index in [1.54, 1.807) is 0 Å². The summed E-state index contributed by atoms with van der Waals surface area (Å²) in [6.45, 7) is 4.81. The third kappa shape index (κ3) is 2.90. The molecule has 1 aromatic heterocycles. The summed E-state index contributed by atoms with van der Waals surface area (Å²) in [7, 11) is 0. The van der Waals surface area contributed by atoms with Crippen molar-refractivity contribution in [2.45, 2.75) is 25.8 Å². The van der Waals surface area contributed by atoms with Gasteiger partial charge >= 0.3 is 5.69 Å². The molecular weight excluding hydrogens is 248 g/mol. The summed E-state index contributed by atoms with van der Waals surface area (Å²) >= 11 is 0. The van der Waals surface area contributed by atoms with E-state index in [2.05, 4.69) is 27.1 Å². The third-order valence-electron chi connectivity index (χ3n) is 3.44. The zero-order chi connectivity index (χ0) is 13.8. The highest BCUT2D eigenvalue weighted by Gasteiger charge is 2.25. The molecule has 1 atom stereocenters. The number of hydrogen-bond donors (Lipinski definition) is 2. The van der Waals surface area contributed by atoms with Gasteiger partial charge in [-0.1, -0.05) is 6.92 Å². The summed E-state index contributed by atoms with van der Waals surface area (Å²) in [5.74, 6) is 0.0849. The molecular formula is C11H18N6O2. The van der Waals surface area contributed by atoms with Crippen molar-refractivity contribution in [1.29, 1.82) is 0 Å². The van der Waals surface area contributed by atoms with Gasteiger partial charge in [0.05, 0.1) is 4.92 Å². The molecule has 1 fully saturated rings. The molecule has 0 saturated carbocycles.